The van der Waals surface area contributed by atoms with Gasteiger partial charge in [-0.15, -0.1) is 11.3 Å². The van der Waals surface area contributed by atoms with Crippen molar-refractivity contribution in [3.63, 3.8) is 0 Å². The van der Waals surface area contributed by atoms with Gasteiger partial charge >= 0.3 is 0 Å². The fourth-order valence-corrected chi connectivity index (χ4v) is 3.70. The van der Waals surface area contributed by atoms with E-state index in [0.29, 0.717) is 11.5 Å². The van der Waals surface area contributed by atoms with Crippen LogP contribution in [0.4, 0.5) is 5.00 Å². The van der Waals surface area contributed by atoms with Crippen molar-refractivity contribution in [2.24, 2.45) is 5.92 Å². The molecule has 1 aliphatic carbocycles. The Balaban J connectivity index is 1.66. The summed E-state index contributed by atoms with van der Waals surface area (Å²) in [6.45, 7) is 6.38. The van der Waals surface area contributed by atoms with Gasteiger partial charge in [0.05, 0.1) is 22.5 Å². The average Bonchev–Trinajstić information content (AvgIpc) is 3.39. The Morgan fingerprint density at radius 3 is 2.77 bits per heavy atom. The Hall–Kier alpha value is -2.34. The number of amides is 2. The molecule has 1 saturated carbocycles. The molecular formula is C20H24N2O3S. The van der Waals surface area contributed by atoms with Gasteiger partial charge < -0.3 is 15.4 Å². The van der Waals surface area contributed by atoms with Gasteiger partial charge in [-0.1, -0.05) is 12.1 Å². The van der Waals surface area contributed by atoms with Crippen LogP contribution < -0.4 is 15.4 Å². The zero-order valence-corrected chi connectivity index (χ0v) is 16.1. The second kappa shape index (κ2) is 7.91. The average molecular weight is 372 g/mol. The first-order valence-electron chi connectivity index (χ1n) is 8.92. The lowest BCUT2D eigenvalue weighted by Crippen LogP contribution is -2.26. The van der Waals surface area contributed by atoms with E-state index in [1.165, 1.54) is 11.3 Å². The Labute approximate surface area is 157 Å². The molecule has 0 aliphatic heterocycles. The molecule has 3 rings (SSSR count). The van der Waals surface area contributed by atoms with Crippen molar-refractivity contribution < 1.29 is 14.3 Å². The zero-order chi connectivity index (χ0) is 18.7. The van der Waals surface area contributed by atoms with E-state index in [4.69, 9.17) is 4.74 Å². The minimum absolute atomic E-state index is 0.0549. The maximum Gasteiger partial charge on any atom is 0.262 e. The van der Waals surface area contributed by atoms with Crippen molar-refractivity contribution in [3.05, 3.63) is 46.3 Å². The Morgan fingerprint density at radius 1 is 1.31 bits per heavy atom. The van der Waals surface area contributed by atoms with Crippen LogP contribution in [0, 0.1) is 12.8 Å². The highest BCUT2D eigenvalue weighted by Crippen LogP contribution is 2.33. The number of hydrogen-bond acceptors (Lipinski definition) is 4. The standard InChI is InChI=1S/C20H24N2O3S/c1-4-25-16-7-5-6-15(11-16)13(3)21-20(24)18-12(2)10-17(26-18)22-19(23)14-8-9-14/h5-7,10-11,13-14H,4,8-9H2,1-3H3,(H,21,24)(H,22,23). The molecule has 0 saturated heterocycles. The van der Waals surface area contributed by atoms with Crippen LogP contribution in [0.5, 0.6) is 5.75 Å². The van der Waals surface area contributed by atoms with E-state index in [9.17, 15) is 9.59 Å². The molecule has 1 aromatic carbocycles. The lowest BCUT2D eigenvalue weighted by molar-refractivity contribution is -0.117. The fraction of sp³-hybridized carbons (Fsp3) is 0.400. The molecule has 5 nitrogen and oxygen atoms in total. The van der Waals surface area contributed by atoms with E-state index in [0.717, 1.165) is 34.7 Å². The summed E-state index contributed by atoms with van der Waals surface area (Å²) in [6, 6.07) is 9.45. The Bertz CT molecular complexity index is 811. The fourth-order valence-electron chi connectivity index (χ4n) is 2.72. The smallest absolute Gasteiger partial charge is 0.262 e. The van der Waals surface area contributed by atoms with E-state index >= 15 is 0 Å². The number of aryl methyl sites for hydroxylation is 1. The first kappa shape index (κ1) is 18.5. The summed E-state index contributed by atoms with van der Waals surface area (Å²) < 4.78 is 5.52. The van der Waals surface area contributed by atoms with Gasteiger partial charge in [-0.05, 0) is 62.9 Å². The van der Waals surface area contributed by atoms with Crippen LogP contribution in [0.1, 0.15) is 53.5 Å². The Kier molecular flexibility index (Phi) is 5.61. The van der Waals surface area contributed by atoms with Gasteiger partial charge in [0.25, 0.3) is 5.91 Å². The van der Waals surface area contributed by atoms with Crippen LogP contribution >= 0.6 is 11.3 Å². The lowest BCUT2D eigenvalue weighted by Gasteiger charge is -2.15. The van der Waals surface area contributed by atoms with Gasteiger partial charge in [-0.2, -0.15) is 0 Å². The van der Waals surface area contributed by atoms with Gasteiger partial charge in [-0.3, -0.25) is 9.59 Å². The summed E-state index contributed by atoms with van der Waals surface area (Å²) in [5.74, 6) is 0.865. The lowest BCUT2D eigenvalue weighted by atomic mass is 10.1. The number of carbonyl (C=O) groups excluding carboxylic acids is 2. The predicted octanol–water partition coefficient (Wildman–Crippen LogP) is 4.29. The third kappa shape index (κ3) is 4.43. The summed E-state index contributed by atoms with van der Waals surface area (Å²) >= 11 is 1.32. The van der Waals surface area contributed by atoms with Gasteiger partial charge in [0.2, 0.25) is 5.91 Å². The minimum Gasteiger partial charge on any atom is -0.494 e. The molecule has 1 aliphatic rings. The summed E-state index contributed by atoms with van der Waals surface area (Å²) in [5, 5.41) is 6.67. The molecule has 2 N–H and O–H groups in total. The number of ether oxygens (including phenoxy) is 1. The highest BCUT2D eigenvalue weighted by Gasteiger charge is 2.30. The number of hydrogen-bond donors (Lipinski definition) is 2. The highest BCUT2D eigenvalue weighted by molar-refractivity contribution is 7.18. The first-order valence-corrected chi connectivity index (χ1v) is 9.74. The van der Waals surface area contributed by atoms with Crippen molar-refractivity contribution in [2.45, 2.75) is 39.7 Å². The van der Waals surface area contributed by atoms with Crippen LogP contribution in [0.3, 0.4) is 0 Å². The highest BCUT2D eigenvalue weighted by atomic mass is 32.1. The second-order valence-electron chi connectivity index (χ2n) is 6.59. The summed E-state index contributed by atoms with van der Waals surface area (Å²) in [6.07, 6.45) is 1.92. The van der Waals surface area contributed by atoms with Crippen LogP contribution in [-0.2, 0) is 4.79 Å². The van der Waals surface area contributed by atoms with Gasteiger partial charge in [-0.25, -0.2) is 0 Å². The van der Waals surface area contributed by atoms with Crippen LogP contribution in [0.2, 0.25) is 0 Å². The summed E-state index contributed by atoms with van der Waals surface area (Å²) in [4.78, 5) is 25.2. The summed E-state index contributed by atoms with van der Waals surface area (Å²) in [7, 11) is 0. The molecule has 2 amide bonds. The molecule has 2 aromatic rings. The normalized spacial score (nSPS) is 14.6. The van der Waals surface area contributed by atoms with Crippen molar-refractivity contribution in [2.75, 3.05) is 11.9 Å². The third-order valence-corrected chi connectivity index (χ3v) is 5.49. The Morgan fingerprint density at radius 2 is 2.08 bits per heavy atom. The minimum atomic E-state index is -0.145. The number of carbonyl (C=O) groups is 2. The van der Waals surface area contributed by atoms with Gasteiger partial charge in [0, 0.05) is 5.92 Å². The molecular weight excluding hydrogens is 348 g/mol. The molecule has 1 unspecified atom stereocenters. The molecule has 1 atom stereocenters. The molecule has 0 bridgehead atoms. The van der Waals surface area contributed by atoms with E-state index in [1.54, 1.807) is 0 Å². The van der Waals surface area contributed by atoms with E-state index in [1.807, 2.05) is 51.1 Å². The molecule has 138 valence electrons. The van der Waals surface area contributed by atoms with Crippen LogP contribution in [0.25, 0.3) is 0 Å². The molecule has 6 heteroatoms. The van der Waals surface area contributed by atoms with Gasteiger partial charge in [0.15, 0.2) is 0 Å². The summed E-state index contributed by atoms with van der Waals surface area (Å²) in [5.41, 5.74) is 1.86. The largest absolute Gasteiger partial charge is 0.494 e. The molecule has 0 spiro atoms. The number of rotatable bonds is 7. The zero-order valence-electron chi connectivity index (χ0n) is 15.3. The topological polar surface area (TPSA) is 67.4 Å². The van der Waals surface area contributed by atoms with E-state index in [2.05, 4.69) is 10.6 Å². The quantitative estimate of drug-likeness (QED) is 0.762. The van der Waals surface area contributed by atoms with Crippen LogP contribution in [-0.4, -0.2) is 18.4 Å². The SMILES string of the molecule is CCOc1cccc(C(C)NC(=O)c2sc(NC(=O)C3CC3)cc2C)c1. The number of benzene rings is 1. The van der Waals surface area contributed by atoms with Crippen molar-refractivity contribution in [1.29, 1.82) is 0 Å². The van der Waals surface area contributed by atoms with E-state index < -0.39 is 0 Å². The molecule has 1 heterocycles. The second-order valence-corrected chi connectivity index (χ2v) is 7.64. The maximum absolute atomic E-state index is 12.7. The van der Waals surface area contributed by atoms with Crippen molar-refractivity contribution >= 4 is 28.2 Å². The third-order valence-electron chi connectivity index (χ3n) is 4.34. The maximum atomic E-state index is 12.7. The van der Waals surface area contributed by atoms with Gasteiger partial charge in [0.1, 0.15) is 5.75 Å². The number of anilines is 1. The van der Waals surface area contributed by atoms with Crippen molar-refractivity contribution in [3.8, 4) is 5.75 Å². The molecule has 26 heavy (non-hydrogen) atoms. The molecule has 0 radical (unpaired) electrons. The molecule has 1 fully saturated rings. The van der Waals surface area contributed by atoms with E-state index in [-0.39, 0.29) is 23.8 Å². The number of thiophene rings is 1. The monoisotopic (exact) mass is 372 g/mol. The van der Waals surface area contributed by atoms with Crippen molar-refractivity contribution in [1.82, 2.24) is 5.32 Å². The molecule has 1 aromatic heterocycles. The number of nitrogens with one attached hydrogen (secondary N) is 2. The van der Waals surface area contributed by atoms with Crippen LogP contribution in [0.15, 0.2) is 30.3 Å². The first-order chi connectivity index (χ1) is 12.5. The predicted molar refractivity (Wildman–Crippen MR) is 104 cm³/mol.